The van der Waals surface area contributed by atoms with Crippen LogP contribution in [0.3, 0.4) is 0 Å². The average Bonchev–Trinajstić information content (AvgIpc) is 3.60. The normalized spacial score (nSPS) is 15.2. The van der Waals surface area contributed by atoms with E-state index in [9.17, 15) is 18.0 Å². The topological polar surface area (TPSA) is 122 Å². The van der Waals surface area contributed by atoms with Crippen molar-refractivity contribution in [2.45, 2.75) is 90.5 Å². The van der Waals surface area contributed by atoms with Crippen LogP contribution < -0.4 is 9.46 Å². The van der Waals surface area contributed by atoms with Gasteiger partial charge in [-0.1, -0.05) is 25.3 Å². The number of carbonyl (C=O) groups is 2. The summed E-state index contributed by atoms with van der Waals surface area (Å²) in [6.07, 6.45) is 9.27. The number of methoxy groups -OCH3 is 1. The number of benzene rings is 2. The summed E-state index contributed by atoms with van der Waals surface area (Å²) in [5.41, 5.74) is 7.23. The number of allylic oxidation sites excluding steroid dienone is 1. The Hall–Kier alpha value is -4.38. The zero-order valence-electron chi connectivity index (χ0n) is 28.5. The van der Waals surface area contributed by atoms with Crippen LogP contribution in [0.15, 0.2) is 42.6 Å². The van der Waals surface area contributed by atoms with Crippen molar-refractivity contribution in [2.24, 2.45) is 0 Å². The van der Waals surface area contributed by atoms with Crippen molar-refractivity contribution in [3.63, 3.8) is 0 Å². The summed E-state index contributed by atoms with van der Waals surface area (Å²) in [4.78, 5) is 26.7. The maximum Gasteiger partial charge on any atom is 0.341 e. The number of hydrogen-bond donors (Lipinski definition) is 1. The van der Waals surface area contributed by atoms with Gasteiger partial charge in [-0.25, -0.2) is 17.9 Å². The second-order valence-corrected chi connectivity index (χ2v) is 15.5. The third kappa shape index (κ3) is 6.04. The van der Waals surface area contributed by atoms with E-state index in [1.807, 2.05) is 36.7 Å². The first-order valence-corrected chi connectivity index (χ1v) is 18.4. The Bertz CT molecular complexity index is 2030. The number of hydrogen-bond acceptors (Lipinski definition) is 7. The molecule has 1 aliphatic heterocycles. The first-order valence-electron chi connectivity index (χ1n) is 16.8. The standard InChI is InChI=1S/C37H44N4O6S/c1-7-47-37(43)31-20-38-41(22(2)3)34(31)27-17-26-18-28(46-6)14-16-29(26)35-33(24-11-9-8-10-12-24)30-15-13-25(19-32(30)40(35)21-27)36(42)39-48(44,45)23(4)5/h13-20,22-24H,7-12,21H2,1-6H3,(H,39,42). The van der Waals surface area contributed by atoms with Crippen LogP contribution >= 0.6 is 0 Å². The van der Waals surface area contributed by atoms with E-state index in [4.69, 9.17) is 9.47 Å². The smallest absolute Gasteiger partial charge is 0.341 e. The lowest BCUT2D eigenvalue weighted by Crippen LogP contribution is -2.35. The number of nitrogens with zero attached hydrogens (tertiary/aromatic N) is 3. The maximum atomic E-state index is 13.4. The van der Waals surface area contributed by atoms with Crippen molar-refractivity contribution in [3.8, 4) is 17.0 Å². The molecule has 48 heavy (non-hydrogen) atoms. The van der Waals surface area contributed by atoms with Crippen LogP contribution in [0.5, 0.6) is 5.75 Å². The summed E-state index contributed by atoms with van der Waals surface area (Å²) >= 11 is 0. The van der Waals surface area contributed by atoms with E-state index < -0.39 is 27.1 Å². The largest absolute Gasteiger partial charge is 0.497 e. The predicted octanol–water partition coefficient (Wildman–Crippen LogP) is 7.34. The molecule has 11 heteroatoms. The molecule has 1 N–H and O–H groups in total. The summed E-state index contributed by atoms with van der Waals surface area (Å²) < 4.78 is 42.8. The van der Waals surface area contributed by atoms with E-state index in [2.05, 4.69) is 26.5 Å². The van der Waals surface area contributed by atoms with Crippen LogP contribution in [0.1, 0.15) is 116 Å². The number of fused-ring (bicyclic) bond motifs is 5. The van der Waals surface area contributed by atoms with E-state index in [1.165, 1.54) is 25.8 Å². The summed E-state index contributed by atoms with van der Waals surface area (Å²) in [6, 6.07) is 11.5. The molecule has 3 heterocycles. The van der Waals surface area contributed by atoms with Crippen molar-refractivity contribution in [1.29, 1.82) is 0 Å². The number of esters is 1. The van der Waals surface area contributed by atoms with Crippen molar-refractivity contribution in [2.75, 3.05) is 13.7 Å². The predicted molar refractivity (Wildman–Crippen MR) is 188 cm³/mol. The molecule has 0 atom stereocenters. The minimum Gasteiger partial charge on any atom is -0.497 e. The summed E-state index contributed by atoms with van der Waals surface area (Å²) in [6.45, 7) is 9.50. The third-order valence-corrected chi connectivity index (χ3v) is 11.2. The Morgan fingerprint density at radius 2 is 1.77 bits per heavy atom. The molecule has 2 aromatic carbocycles. The quantitative estimate of drug-likeness (QED) is 0.185. The highest BCUT2D eigenvalue weighted by molar-refractivity contribution is 7.90. The number of rotatable bonds is 9. The molecule has 2 aliphatic rings. The SMILES string of the molecule is CCOC(=O)c1cnn(C(C)C)c1C1=Cc2cc(OC)ccc2-c2c(C3CCCCC3)c3ccc(C(=O)NS(=O)(=O)C(C)C)cc3n2C1. The fourth-order valence-electron chi connectivity index (χ4n) is 7.06. The van der Waals surface area contributed by atoms with Gasteiger partial charge in [-0.2, -0.15) is 5.10 Å². The van der Waals surface area contributed by atoms with Gasteiger partial charge in [0.2, 0.25) is 10.0 Å². The summed E-state index contributed by atoms with van der Waals surface area (Å²) in [5, 5.41) is 4.91. The van der Waals surface area contributed by atoms with Crippen molar-refractivity contribution >= 4 is 44.5 Å². The van der Waals surface area contributed by atoms with Gasteiger partial charge < -0.3 is 14.0 Å². The minimum absolute atomic E-state index is 0.0472. The van der Waals surface area contributed by atoms with Crippen LogP contribution in [-0.2, 0) is 21.3 Å². The Morgan fingerprint density at radius 3 is 2.44 bits per heavy atom. The average molecular weight is 673 g/mol. The van der Waals surface area contributed by atoms with Gasteiger partial charge in [-0.15, -0.1) is 0 Å². The monoisotopic (exact) mass is 672 g/mol. The van der Waals surface area contributed by atoms with Gasteiger partial charge >= 0.3 is 5.97 Å². The Labute approximate surface area is 282 Å². The molecular weight excluding hydrogens is 628 g/mol. The lowest BCUT2D eigenvalue weighted by molar-refractivity contribution is 0.0525. The van der Waals surface area contributed by atoms with Crippen LogP contribution in [0.25, 0.3) is 33.8 Å². The van der Waals surface area contributed by atoms with E-state index in [-0.39, 0.29) is 18.2 Å². The number of amides is 1. The highest BCUT2D eigenvalue weighted by Crippen LogP contribution is 2.48. The number of aromatic nitrogens is 3. The molecule has 1 saturated carbocycles. The molecule has 2 aromatic heterocycles. The fourth-order valence-corrected chi connectivity index (χ4v) is 7.68. The zero-order valence-corrected chi connectivity index (χ0v) is 29.3. The fraction of sp³-hybridized carbons (Fsp3) is 0.432. The Kier molecular flexibility index (Phi) is 9.26. The van der Waals surface area contributed by atoms with E-state index in [0.29, 0.717) is 29.5 Å². The van der Waals surface area contributed by atoms with Gasteiger partial charge in [0.05, 0.1) is 43.1 Å². The highest BCUT2D eigenvalue weighted by Gasteiger charge is 2.32. The zero-order chi connectivity index (χ0) is 34.3. The third-order valence-electron chi connectivity index (χ3n) is 9.49. The minimum atomic E-state index is -3.83. The second-order valence-electron chi connectivity index (χ2n) is 13.2. The molecule has 6 rings (SSSR count). The van der Waals surface area contributed by atoms with Gasteiger partial charge in [-0.05, 0) is 106 Å². The van der Waals surface area contributed by atoms with Gasteiger partial charge in [-0.3, -0.25) is 9.48 Å². The molecular formula is C37H44N4O6S. The molecule has 0 saturated heterocycles. The molecule has 0 bridgehead atoms. The molecule has 0 unspecified atom stereocenters. The van der Waals surface area contributed by atoms with Gasteiger partial charge in [0.15, 0.2) is 0 Å². The number of ether oxygens (including phenoxy) is 2. The highest BCUT2D eigenvalue weighted by atomic mass is 32.2. The van der Waals surface area contributed by atoms with Gasteiger partial charge in [0.25, 0.3) is 5.91 Å². The molecule has 254 valence electrons. The van der Waals surface area contributed by atoms with E-state index in [1.54, 1.807) is 32.4 Å². The van der Waals surface area contributed by atoms with Crippen LogP contribution in [0, 0.1) is 0 Å². The lowest BCUT2D eigenvalue weighted by atomic mass is 9.81. The first kappa shape index (κ1) is 33.5. The van der Waals surface area contributed by atoms with Gasteiger partial charge in [0.1, 0.15) is 11.3 Å². The Morgan fingerprint density at radius 1 is 1.02 bits per heavy atom. The first-order chi connectivity index (χ1) is 22.9. The molecule has 1 amide bonds. The number of sulfonamides is 1. The summed E-state index contributed by atoms with van der Waals surface area (Å²) in [7, 11) is -2.19. The molecule has 4 aromatic rings. The van der Waals surface area contributed by atoms with Crippen molar-refractivity contribution in [1.82, 2.24) is 19.1 Å². The van der Waals surface area contributed by atoms with Crippen LogP contribution in [0.2, 0.25) is 0 Å². The van der Waals surface area contributed by atoms with Crippen molar-refractivity contribution in [3.05, 3.63) is 70.5 Å². The Balaban J connectivity index is 1.64. The molecule has 0 spiro atoms. The second kappa shape index (κ2) is 13.3. The van der Waals surface area contributed by atoms with E-state index in [0.717, 1.165) is 59.0 Å². The van der Waals surface area contributed by atoms with Gasteiger partial charge in [0, 0.05) is 28.1 Å². The van der Waals surface area contributed by atoms with E-state index >= 15 is 0 Å². The van der Waals surface area contributed by atoms with Crippen LogP contribution in [-0.4, -0.2) is 53.6 Å². The molecule has 1 fully saturated rings. The lowest BCUT2D eigenvalue weighted by Gasteiger charge is -2.24. The molecule has 10 nitrogen and oxygen atoms in total. The number of carbonyl (C=O) groups excluding carboxylic acids is 2. The molecule has 1 aliphatic carbocycles. The summed E-state index contributed by atoms with van der Waals surface area (Å²) in [5.74, 6) is -0.0914. The van der Waals surface area contributed by atoms with Crippen LogP contribution in [0.4, 0.5) is 0 Å². The maximum absolute atomic E-state index is 13.4. The van der Waals surface area contributed by atoms with Crippen molar-refractivity contribution < 1.29 is 27.5 Å². The number of nitrogens with one attached hydrogen (secondary N) is 1. The molecule has 0 radical (unpaired) electrons.